The molecule has 0 spiro atoms. The molecule has 0 N–H and O–H groups in total. The maximum Gasteiger partial charge on any atom is 0.212 e. The lowest BCUT2D eigenvalue weighted by Crippen LogP contribution is -2.08. The van der Waals surface area contributed by atoms with Gasteiger partial charge in [0.15, 0.2) is 5.82 Å². The lowest BCUT2D eigenvalue weighted by molar-refractivity contribution is 0.744. The summed E-state index contributed by atoms with van der Waals surface area (Å²) in [6.07, 6.45) is 1.84. The van der Waals surface area contributed by atoms with Crippen LogP contribution in [0.5, 0.6) is 0 Å². The van der Waals surface area contributed by atoms with Crippen LogP contribution in [-0.4, -0.2) is 35.2 Å². The molecule has 0 aliphatic heterocycles. The number of hydrogen-bond donors (Lipinski definition) is 0. The fourth-order valence-corrected chi connectivity index (χ4v) is 3.15. The highest BCUT2D eigenvalue weighted by atomic mass is 32.2. The summed E-state index contributed by atoms with van der Waals surface area (Å²) in [7, 11) is 4.06. The van der Waals surface area contributed by atoms with E-state index in [0.717, 1.165) is 28.0 Å². The van der Waals surface area contributed by atoms with Gasteiger partial charge in [-0.1, -0.05) is 54.2 Å². The number of benzene rings is 2. The molecule has 0 bridgehead atoms. The molecule has 2 aromatic carbocycles. The molecule has 1 heterocycles. The standard InChI is InChI=1S/C19H21N5S/c1-15-21-22-19(25-14-17-7-5-4-6-8-17)24(15)20-13-16-9-11-18(12-10-16)23(2)3/h4-13H,14H2,1-3H3/b20-13+. The first-order chi connectivity index (χ1) is 12.1. The van der Waals surface area contributed by atoms with Crippen molar-refractivity contribution in [3.63, 3.8) is 0 Å². The maximum atomic E-state index is 4.56. The molecule has 0 aliphatic rings. The molecular formula is C19H21N5S. The lowest BCUT2D eigenvalue weighted by atomic mass is 10.2. The van der Waals surface area contributed by atoms with Crippen molar-refractivity contribution in [3.8, 4) is 0 Å². The van der Waals surface area contributed by atoms with Crippen molar-refractivity contribution in [2.75, 3.05) is 19.0 Å². The molecule has 5 nitrogen and oxygen atoms in total. The lowest BCUT2D eigenvalue weighted by Gasteiger charge is -2.11. The van der Waals surface area contributed by atoms with E-state index >= 15 is 0 Å². The molecule has 3 rings (SSSR count). The molecular weight excluding hydrogens is 330 g/mol. The Labute approximate surface area is 152 Å². The zero-order chi connectivity index (χ0) is 17.6. The van der Waals surface area contributed by atoms with Crippen LogP contribution < -0.4 is 4.90 Å². The Bertz CT molecular complexity index is 838. The van der Waals surface area contributed by atoms with Crippen LogP contribution in [0.25, 0.3) is 0 Å². The number of anilines is 1. The van der Waals surface area contributed by atoms with Gasteiger partial charge in [-0.25, -0.2) is 0 Å². The second-order valence-corrected chi connectivity index (χ2v) is 6.79. The molecule has 0 unspecified atom stereocenters. The number of nitrogens with zero attached hydrogens (tertiary/aromatic N) is 5. The van der Waals surface area contributed by atoms with E-state index < -0.39 is 0 Å². The van der Waals surface area contributed by atoms with E-state index in [2.05, 4.69) is 56.6 Å². The van der Waals surface area contributed by atoms with Gasteiger partial charge in [-0.05, 0) is 30.2 Å². The minimum absolute atomic E-state index is 0.775. The van der Waals surface area contributed by atoms with Crippen LogP contribution >= 0.6 is 11.8 Å². The highest BCUT2D eigenvalue weighted by molar-refractivity contribution is 7.98. The highest BCUT2D eigenvalue weighted by Gasteiger charge is 2.08. The van der Waals surface area contributed by atoms with E-state index in [9.17, 15) is 0 Å². The van der Waals surface area contributed by atoms with Gasteiger partial charge in [0.1, 0.15) is 0 Å². The smallest absolute Gasteiger partial charge is 0.212 e. The Hall–Kier alpha value is -2.60. The van der Waals surface area contributed by atoms with Crippen molar-refractivity contribution in [1.82, 2.24) is 14.9 Å². The average molecular weight is 351 g/mol. The van der Waals surface area contributed by atoms with E-state index in [1.807, 2.05) is 45.4 Å². The largest absolute Gasteiger partial charge is 0.378 e. The predicted molar refractivity (Wildman–Crippen MR) is 105 cm³/mol. The fourth-order valence-electron chi connectivity index (χ4n) is 2.27. The van der Waals surface area contributed by atoms with Gasteiger partial charge < -0.3 is 4.90 Å². The number of rotatable bonds is 6. The SMILES string of the molecule is Cc1nnc(SCc2ccccc2)n1/N=C/c1ccc(N(C)C)cc1. The second kappa shape index (κ2) is 7.98. The van der Waals surface area contributed by atoms with Crippen molar-refractivity contribution in [2.24, 2.45) is 5.10 Å². The summed E-state index contributed by atoms with van der Waals surface area (Å²) in [4.78, 5) is 2.07. The van der Waals surface area contributed by atoms with Gasteiger partial charge in [-0.2, -0.15) is 9.78 Å². The van der Waals surface area contributed by atoms with Crippen LogP contribution in [0.15, 0.2) is 64.9 Å². The summed E-state index contributed by atoms with van der Waals surface area (Å²) in [5.41, 5.74) is 3.46. The number of aryl methyl sites for hydroxylation is 1. The van der Waals surface area contributed by atoms with Crippen LogP contribution in [-0.2, 0) is 5.75 Å². The summed E-state index contributed by atoms with van der Waals surface area (Å²) < 4.78 is 1.79. The maximum absolute atomic E-state index is 4.56. The number of thioether (sulfide) groups is 1. The van der Waals surface area contributed by atoms with Gasteiger partial charge in [-0.3, -0.25) is 0 Å². The van der Waals surface area contributed by atoms with Crippen molar-refractivity contribution in [2.45, 2.75) is 17.8 Å². The predicted octanol–water partition coefficient (Wildman–Crippen LogP) is 3.83. The van der Waals surface area contributed by atoms with Crippen LogP contribution in [0.4, 0.5) is 5.69 Å². The van der Waals surface area contributed by atoms with E-state index in [0.29, 0.717) is 0 Å². The third-order valence-electron chi connectivity index (χ3n) is 3.71. The second-order valence-electron chi connectivity index (χ2n) is 5.85. The fraction of sp³-hybridized carbons (Fsp3) is 0.211. The Morgan fingerprint density at radius 1 is 1.04 bits per heavy atom. The minimum Gasteiger partial charge on any atom is -0.378 e. The monoisotopic (exact) mass is 351 g/mol. The molecule has 25 heavy (non-hydrogen) atoms. The Kier molecular flexibility index (Phi) is 5.50. The van der Waals surface area contributed by atoms with E-state index in [1.165, 1.54) is 5.56 Å². The molecule has 0 fully saturated rings. The quantitative estimate of drug-likeness (QED) is 0.500. The zero-order valence-corrected chi connectivity index (χ0v) is 15.4. The highest BCUT2D eigenvalue weighted by Crippen LogP contribution is 2.21. The van der Waals surface area contributed by atoms with Crippen LogP contribution in [0.3, 0.4) is 0 Å². The molecule has 0 atom stereocenters. The summed E-state index contributed by atoms with van der Waals surface area (Å²) in [6.45, 7) is 1.91. The van der Waals surface area contributed by atoms with Gasteiger partial charge in [0.2, 0.25) is 5.16 Å². The zero-order valence-electron chi connectivity index (χ0n) is 14.6. The molecule has 0 radical (unpaired) electrons. The van der Waals surface area contributed by atoms with Crippen LogP contribution in [0, 0.1) is 6.92 Å². The first kappa shape index (κ1) is 17.2. The van der Waals surface area contributed by atoms with Gasteiger partial charge >= 0.3 is 0 Å². The number of aromatic nitrogens is 3. The van der Waals surface area contributed by atoms with Crippen molar-refractivity contribution in [3.05, 3.63) is 71.5 Å². The van der Waals surface area contributed by atoms with Crippen LogP contribution in [0.1, 0.15) is 17.0 Å². The van der Waals surface area contributed by atoms with Gasteiger partial charge in [0, 0.05) is 25.5 Å². The molecule has 0 saturated heterocycles. The molecule has 1 aromatic heterocycles. The van der Waals surface area contributed by atoms with E-state index in [4.69, 9.17) is 0 Å². The molecule has 6 heteroatoms. The molecule has 0 aliphatic carbocycles. The molecule has 0 amide bonds. The summed E-state index contributed by atoms with van der Waals surface area (Å²) in [5.74, 6) is 1.61. The van der Waals surface area contributed by atoms with E-state index in [1.54, 1.807) is 16.4 Å². The first-order valence-corrected chi connectivity index (χ1v) is 9.02. The Morgan fingerprint density at radius 3 is 2.44 bits per heavy atom. The third kappa shape index (κ3) is 4.48. The third-order valence-corrected chi connectivity index (χ3v) is 4.70. The van der Waals surface area contributed by atoms with Gasteiger partial charge in [-0.15, -0.1) is 10.2 Å². The van der Waals surface area contributed by atoms with Gasteiger partial charge in [0.05, 0.1) is 6.21 Å². The van der Waals surface area contributed by atoms with Crippen molar-refractivity contribution < 1.29 is 0 Å². The summed E-state index contributed by atoms with van der Waals surface area (Å²) >= 11 is 1.63. The molecule has 0 saturated carbocycles. The van der Waals surface area contributed by atoms with E-state index in [-0.39, 0.29) is 0 Å². The Balaban J connectivity index is 1.72. The topological polar surface area (TPSA) is 46.3 Å². The minimum atomic E-state index is 0.775. The van der Waals surface area contributed by atoms with Crippen molar-refractivity contribution in [1.29, 1.82) is 0 Å². The van der Waals surface area contributed by atoms with Gasteiger partial charge in [0.25, 0.3) is 0 Å². The molecule has 3 aromatic rings. The van der Waals surface area contributed by atoms with Crippen molar-refractivity contribution >= 4 is 23.7 Å². The first-order valence-electron chi connectivity index (χ1n) is 8.04. The summed E-state index contributed by atoms with van der Waals surface area (Å²) in [5, 5.41) is 13.7. The average Bonchev–Trinajstić information content (AvgIpc) is 2.99. The summed E-state index contributed by atoms with van der Waals surface area (Å²) in [6, 6.07) is 18.6. The normalized spacial score (nSPS) is 11.2. The molecule has 128 valence electrons. The van der Waals surface area contributed by atoms with Crippen LogP contribution in [0.2, 0.25) is 0 Å². The number of hydrogen-bond acceptors (Lipinski definition) is 5. The Morgan fingerprint density at radius 2 is 1.76 bits per heavy atom.